The first kappa shape index (κ1) is 16.2. The lowest BCUT2D eigenvalue weighted by Crippen LogP contribution is -2.09. The van der Waals surface area contributed by atoms with E-state index in [1.165, 1.54) is 13.3 Å². The van der Waals surface area contributed by atoms with Gasteiger partial charge < -0.3 is 19.5 Å². The minimum absolute atomic E-state index is 0.0445. The molecular weight excluding hydrogens is 306 g/mol. The zero-order valence-corrected chi connectivity index (χ0v) is 13.6. The molecule has 0 aliphatic heterocycles. The van der Waals surface area contributed by atoms with Gasteiger partial charge in [-0.15, -0.1) is 0 Å². The summed E-state index contributed by atoms with van der Waals surface area (Å²) in [5.41, 5.74) is 1.01. The maximum Gasteiger partial charge on any atom is 0.318 e. The molecule has 0 amide bonds. The number of nitrogens with one attached hydrogen (secondary N) is 1. The normalized spacial score (nSPS) is 11.7. The van der Waals surface area contributed by atoms with Crippen LogP contribution in [-0.4, -0.2) is 31.3 Å². The number of hydrogen-bond donors (Lipinski definition) is 1. The standard InChI is InChI=1S/C15H18ClN3O3/c1-9(10-5-6-12(20-2)13(7-10)21-3)18-14-11(16)8-17-15(19-14)22-4/h5-9H,1-4H3,(H,17,18,19). The van der Waals surface area contributed by atoms with Crippen molar-refractivity contribution in [2.24, 2.45) is 0 Å². The van der Waals surface area contributed by atoms with Crippen molar-refractivity contribution in [1.82, 2.24) is 9.97 Å². The third-order valence-corrected chi connectivity index (χ3v) is 3.44. The Morgan fingerprint density at radius 3 is 2.45 bits per heavy atom. The SMILES string of the molecule is COc1ncc(Cl)c(NC(C)c2ccc(OC)c(OC)c2)n1. The Balaban J connectivity index is 2.23. The van der Waals surface area contributed by atoms with Crippen LogP contribution < -0.4 is 19.5 Å². The molecule has 0 saturated heterocycles. The van der Waals surface area contributed by atoms with Gasteiger partial charge in [0.05, 0.1) is 33.6 Å². The van der Waals surface area contributed by atoms with E-state index in [0.717, 1.165) is 5.56 Å². The predicted molar refractivity (Wildman–Crippen MR) is 85.2 cm³/mol. The number of anilines is 1. The lowest BCUT2D eigenvalue weighted by molar-refractivity contribution is 0.354. The number of methoxy groups -OCH3 is 3. The molecule has 7 heteroatoms. The molecule has 0 saturated carbocycles. The van der Waals surface area contributed by atoms with Crippen LogP contribution in [0.3, 0.4) is 0 Å². The number of halogens is 1. The van der Waals surface area contributed by atoms with Crippen molar-refractivity contribution in [3.8, 4) is 17.5 Å². The molecule has 2 rings (SSSR count). The Morgan fingerprint density at radius 1 is 1.09 bits per heavy atom. The van der Waals surface area contributed by atoms with Crippen LogP contribution in [0.2, 0.25) is 5.02 Å². The zero-order chi connectivity index (χ0) is 16.1. The number of hydrogen-bond acceptors (Lipinski definition) is 6. The first-order valence-corrected chi connectivity index (χ1v) is 7.01. The molecule has 2 aromatic rings. The Hall–Kier alpha value is -2.21. The van der Waals surface area contributed by atoms with Gasteiger partial charge in [-0.05, 0) is 24.6 Å². The third-order valence-electron chi connectivity index (χ3n) is 3.17. The highest BCUT2D eigenvalue weighted by molar-refractivity contribution is 6.32. The van der Waals surface area contributed by atoms with Crippen molar-refractivity contribution in [2.45, 2.75) is 13.0 Å². The van der Waals surface area contributed by atoms with E-state index in [4.69, 9.17) is 25.8 Å². The van der Waals surface area contributed by atoms with Gasteiger partial charge in [0.2, 0.25) is 0 Å². The molecule has 0 aliphatic carbocycles. The summed E-state index contributed by atoms with van der Waals surface area (Å²) in [5, 5.41) is 3.65. The van der Waals surface area contributed by atoms with Gasteiger partial charge >= 0.3 is 6.01 Å². The zero-order valence-electron chi connectivity index (χ0n) is 12.9. The van der Waals surface area contributed by atoms with Gasteiger partial charge in [-0.3, -0.25) is 0 Å². The summed E-state index contributed by atoms with van der Waals surface area (Å²) in [6, 6.07) is 5.92. The molecule has 22 heavy (non-hydrogen) atoms. The smallest absolute Gasteiger partial charge is 0.318 e. The Morgan fingerprint density at radius 2 is 1.82 bits per heavy atom. The van der Waals surface area contributed by atoms with Crippen LogP contribution in [0.15, 0.2) is 24.4 Å². The lowest BCUT2D eigenvalue weighted by atomic mass is 10.1. The highest BCUT2D eigenvalue weighted by Gasteiger charge is 2.13. The summed E-state index contributed by atoms with van der Waals surface area (Å²) in [5.74, 6) is 1.86. The second-order valence-electron chi connectivity index (χ2n) is 4.53. The molecular formula is C15H18ClN3O3. The fourth-order valence-corrected chi connectivity index (χ4v) is 2.11. The summed E-state index contributed by atoms with van der Waals surface area (Å²) in [6.07, 6.45) is 1.50. The molecule has 1 N–H and O–H groups in total. The van der Waals surface area contributed by atoms with Crippen molar-refractivity contribution in [2.75, 3.05) is 26.6 Å². The van der Waals surface area contributed by atoms with Gasteiger partial charge in [-0.25, -0.2) is 4.98 Å². The Kier molecular flexibility index (Phi) is 5.27. The summed E-state index contributed by atoms with van der Waals surface area (Å²) >= 11 is 6.10. The monoisotopic (exact) mass is 323 g/mol. The molecule has 1 heterocycles. The average molecular weight is 324 g/mol. The molecule has 6 nitrogen and oxygen atoms in total. The van der Waals surface area contributed by atoms with E-state index in [2.05, 4.69) is 15.3 Å². The molecule has 1 atom stereocenters. The van der Waals surface area contributed by atoms with Gasteiger partial charge in [0.25, 0.3) is 0 Å². The average Bonchev–Trinajstić information content (AvgIpc) is 2.56. The number of nitrogens with zero attached hydrogens (tertiary/aromatic N) is 2. The second-order valence-corrected chi connectivity index (χ2v) is 4.94. The van der Waals surface area contributed by atoms with Gasteiger partial charge in [0, 0.05) is 0 Å². The molecule has 0 fully saturated rings. The highest BCUT2D eigenvalue weighted by atomic mass is 35.5. The van der Waals surface area contributed by atoms with Crippen molar-refractivity contribution < 1.29 is 14.2 Å². The summed E-state index contributed by atoms with van der Waals surface area (Å²) < 4.78 is 15.6. The summed E-state index contributed by atoms with van der Waals surface area (Å²) in [6.45, 7) is 1.99. The van der Waals surface area contributed by atoms with E-state index in [1.54, 1.807) is 14.2 Å². The van der Waals surface area contributed by atoms with Crippen LogP contribution in [-0.2, 0) is 0 Å². The van der Waals surface area contributed by atoms with Gasteiger partial charge in [0.15, 0.2) is 17.3 Å². The number of ether oxygens (including phenoxy) is 3. The molecule has 1 unspecified atom stereocenters. The minimum Gasteiger partial charge on any atom is -0.493 e. The van der Waals surface area contributed by atoms with E-state index < -0.39 is 0 Å². The fourth-order valence-electron chi connectivity index (χ4n) is 1.96. The van der Waals surface area contributed by atoms with E-state index in [1.807, 2.05) is 25.1 Å². The molecule has 0 aliphatic rings. The van der Waals surface area contributed by atoms with Gasteiger partial charge in [-0.2, -0.15) is 4.98 Å². The van der Waals surface area contributed by atoms with Gasteiger partial charge in [-0.1, -0.05) is 17.7 Å². The lowest BCUT2D eigenvalue weighted by Gasteiger charge is -2.17. The Bertz CT molecular complexity index is 652. The van der Waals surface area contributed by atoms with Crippen LogP contribution in [0.25, 0.3) is 0 Å². The first-order valence-electron chi connectivity index (χ1n) is 6.64. The van der Waals surface area contributed by atoms with Crippen molar-refractivity contribution >= 4 is 17.4 Å². The van der Waals surface area contributed by atoms with Crippen molar-refractivity contribution in [1.29, 1.82) is 0 Å². The second kappa shape index (κ2) is 7.17. The molecule has 0 spiro atoms. The Labute approximate surface area is 134 Å². The quantitative estimate of drug-likeness (QED) is 0.879. The van der Waals surface area contributed by atoms with Gasteiger partial charge in [0.1, 0.15) is 5.02 Å². The molecule has 0 bridgehead atoms. The van der Waals surface area contributed by atoms with Crippen LogP contribution in [0, 0.1) is 0 Å². The third kappa shape index (κ3) is 3.51. The number of rotatable bonds is 6. The molecule has 0 radical (unpaired) electrons. The van der Waals surface area contributed by atoms with Crippen molar-refractivity contribution in [3.63, 3.8) is 0 Å². The number of aromatic nitrogens is 2. The highest BCUT2D eigenvalue weighted by Crippen LogP contribution is 2.32. The van der Waals surface area contributed by atoms with Crippen LogP contribution in [0.5, 0.6) is 17.5 Å². The van der Waals surface area contributed by atoms with Crippen LogP contribution in [0.4, 0.5) is 5.82 Å². The number of benzene rings is 1. The largest absolute Gasteiger partial charge is 0.493 e. The minimum atomic E-state index is -0.0445. The first-order chi connectivity index (χ1) is 10.6. The van der Waals surface area contributed by atoms with Crippen LogP contribution in [0.1, 0.15) is 18.5 Å². The van der Waals surface area contributed by atoms with E-state index in [0.29, 0.717) is 22.3 Å². The molecule has 118 valence electrons. The fraction of sp³-hybridized carbons (Fsp3) is 0.333. The maximum absolute atomic E-state index is 6.10. The molecule has 1 aromatic carbocycles. The topological polar surface area (TPSA) is 65.5 Å². The summed E-state index contributed by atoms with van der Waals surface area (Å²) in [4.78, 5) is 8.15. The van der Waals surface area contributed by atoms with E-state index >= 15 is 0 Å². The maximum atomic E-state index is 6.10. The predicted octanol–water partition coefficient (Wildman–Crippen LogP) is 3.33. The van der Waals surface area contributed by atoms with Crippen molar-refractivity contribution in [3.05, 3.63) is 35.0 Å². The van der Waals surface area contributed by atoms with E-state index in [9.17, 15) is 0 Å². The summed E-state index contributed by atoms with van der Waals surface area (Å²) in [7, 11) is 4.71. The van der Waals surface area contributed by atoms with E-state index in [-0.39, 0.29) is 12.1 Å². The van der Waals surface area contributed by atoms with Crippen LogP contribution >= 0.6 is 11.6 Å². The molecule has 1 aromatic heterocycles.